The minimum atomic E-state index is -0.374. The fourth-order valence-electron chi connectivity index (χ4n) is 5.33. The first-order valence-corrected chi connectivity index (χ1v) is 12.3. The van der Waals surface area contributed by atoms with Gasteiger partial charge >= 0.3 is 0 Å². The highest BCUT2D eigenvalue weighted by Crippen LogP contribution is 2.42. The van der Waals surface area contributed by atoms with Crippen LogP contribution in [-0.2, 0) is 4.79 Å². The Morgan fingerprint density at radius 1 is 1.08 bits per heavy atom. The number of anilines is 5. The maximum atomic E-state index is 13.7. The van der Waals surface area contributed by atoms with Gasteiger partial charge in [-0.05, 0) is 62.2 Å². The van der Waals surface area contributed by atoms with E-state index in [2.05, 4.69) is 31.5 Å². The molecular weight excluding hydrogens is 452 g/mol. The number of benzene rings is 2. The summed E-state index contributed by atoms with van der Waals surface area (Å²) in [5.74, 6) is 1.20. The number of aromatic nitrogens is 4. The Balaban J connectivity index is 1.42. The topological polar surface area (TPSA) is 114 Å². The monoisotopic (exact) mass is 478 g/mol. The van der Waals surface area contributed by atoms with Crippen LogP contribution in [0.4, 0.5) is 28.8 Å². The number of carbonyl (C=O) groups excluding carboxylic acids is 1. The molecule has 180 valence electrons. The molecular formula is C27H26N8O. The molecule has 1 fully saturated rings. The van der Waals surface area contributed by atoms with Gasteiger partial charge in [-0.2, -0.15) is 15.3 Å². The van der Waals surface area contributed by atoms with E-state index in [0.29, 0.717) is 22.9 Å². The Morgan fingerprint density at radius 2 is 1.89 bits per heavy atom. The molecule has 2 aromatic carbocycles. The molecule has 1 aliphatic heterocycles. The van der Waals surface area contributed by atoms with Crippen LogP contribution in [0.2, 0.25) is 0 Å². The van der Waals surface area contributed by atoms with Crippen LogP contribution in [0, 0.1) is 11.3 Å². The number of nitrogens with zero attached hydrogens (tertiary/aromatic N) is 6. The average Bonchev–Trinajstić information content (AvgIpc) is 3.38. The molecule has 0 radical (unpaired) electrons. The van der Waals surface area contributed by atoms with E-state index >= 15 is 0 Å². The lowest BCUT2D eigenvalue weighted by Crippen LogP contribution is -2.55. The largest absolute Gasteiger partial charge is 0.340 e. The Morgan fingerprint density at radius 3 is 2.67 bits per heavy atom. The van der Waals surface area contributed by atoms with Crippen molar-refractivity contribution in [3.8, 4) is 6.07 Å². The second-order valence-corrected chi connectivity index (χ2v) is 9.41. The smallest absolute Gasteiger partial charge is 0.254 e. The highest BCUT2D eigenvalue weighted by Gasteiger charge is 2.41. The van der Waals surface area contributed by atoms with Gasteiger partial charge in [0.2, 0.25) is 5.95 Å². The molecule has 0 unspecified atom stereocenters. The second-order valence-electron chi connectivity index (χ2n) is 9.41. The van der Waals surface area contributed by atoms with Gasteiger partial charge in [0.1, 0.15) is 11.7 Å². The van der Waals surface area contributed by atoms with E-state index in [1.54, 1.807) is 41.6 Å². The summed E-state index contributed by atoms with van der Waals surface area (Å²) < 4.78 is 0. The van der Waals surface area contributed by atoms with E-state index in [-0.39, 0.29) is 18.0 Å². The van der Waals surface area contributed by atoms with Crippen molar-refractivity contribution in [2.75, 3.05) is 15.1 Å². The third-order valence-electron chi connectivity index (χ3n) is 7.15. The summed E-state index contributed by atoms with van der Waals surface area (Å²) in [6, 6.07) is 15.0. The van der Waals surface area contributed by atoms with Gasteiger partial charge in [0, 0.05) is 22.8 Å². The molecule has 6 rings (SSSR count). The fraction of sp³-hybridized carbons (Fsp3) is 0.296. The standard InChI is InChI=1S/C27H26N8O/c1-17-26(36)35(22-10-7-18(14-28)8-11-22)24-16-29-27(31-20-9-12-23-19(13-20)15-30-33-23)32-25(24)34(17)21-5-3-2-4-6-21/h7-13,15-17,21H,2-6H2,1H3,(H,30,33)(H,29,31,32)/t17-/m1/s1. The second kappa shape index (κ2) is 8.96. The molecule has 4 aromatic rings. The summed E-state index contributed by atoms with van der Waals surface area (Å²) in [6.45, 7) is 1.96. The van der Waals surface area contributed by atoms with Gasteiger partial charge in [-0.25, -0.2) is 4.98 Å². The number of nitrogens with one attached hydrogen (secondary N) is 2. The van der Waals surface area contributed by atoms with Crippen LogP contribution in [0.25, 0.3) is 10.9 Å². The number of carbonyl (C=O) groups is 1. The van der Waals surface area contributed by atoms with Crippen LogP contribution in [0.1, 0.15) is 44.6 Å². The van der Waals surface area contributed by atoms with E-state index in [9.17, 15) is 10.1 Å². The Kier molecular flexibility index (Phi) is 5.49. The molecule has 2 aliphatic rings. The van der Waals surface area contributed by atoms with Crippen molar-refractivity contribution in [3.05, 3.63) is 60.4 Å². The van der Waals surface area contributed by atoms with Gasteiger partial charge in [-0.3, -0.25) is 14.8 Å². The van der Waals surface area contributed by atoms with Crippen molar-refractivity contribution in [2.45, 2.75) is 51.1 Å². The number of amides is 1. The van der Waals surface area contributed by atoms with Crippen LogP contribution < -0.4 is 15.1 Å². The summed E-state index contributed by atoms with van der Waals surface area (Å²) in [6.07, 6.45) is 9.11. The van der Waals surface area contributed by atoms with Crippen molar-refractivity contribution in [3.63, 3.8) is 0 Å². The average molecular weight is 479 g/mol. The molecule has 1 atom stereocenters. The molecule has 1 amide bonds. The summed E-state index contributed by atoms with van der Waals surface area (Å²) in [5, 5.41) is 20.6. The van der Waals surface area contributed by atoms with E-state index < -0.39 is 0 Å². The maximum Gasteiger partial charge on any atom is 0.254 e. The van der Waals surface area contributed by atoms with Gasteiger partial charge in [0.05, 0.1) is 29.5 Å². The summed E-state index contributed by atoms with van der Waals surface area (Å²) in [5.41, 5.74) is 3.72. The predicted octanol–water partition coefficient (Wildman–Crippen LogP) is 5.17. The first kappa shape index (κ1) is 22.0. The number of hydrogen-bond acceptors (Lipinski definition) is 7. The van der Waals surface area contributed by atoms with Gasteiger partial charge in [0.15, 0.2) is 5.82 Å². The van der Waals surface area contributed by atoms with Crippen molar-refractivity contribution >= 4 is 45.6 Å². The fourth-order valence-corrected chi connectivity index (χ4v) is 5.33. The zero-order chi connectivity index (χ0) is 24.6. The zero-order valence-corrected chi connectivity index (χ0v) is 20.0. The number of hydrogen-bond donors (Lipinski definition) is 2. The predicted molar refractivity (Wildman–Crippen MR) is 139 cm³/mol. The van der Waals surface area contributed by atoms with Gasteiger partial charge in [0.25, 0.3) is 5.91 Å². The number of fused-ring (bicyclic) bond motifs is 2. The Labute approximate surface area is 208 Å². The quantitative estimate of drug-likeness (QED) is 0.416. The van der Waals surface area contributed by atoms with Crippen LogP contribution in [-0.4, -0.2) is 38.2 Å². The molecule has 9 heteroatoms. The molecule has 1 saturated carbocycles. The van der Waals surface area contributed by atoms with E-state index in [0.717, 1.165) is 48.1 Å². The van der Waals surface area contributed by atoms with E-state index in [1.165, 1.54) is 6.42 Å². The lowest BCUT2D eigenvalue weighted by Gasteiger charge is -2.45. The molecule has 0 bridgehead atoms. The zero-order valence-electron chi connectivity index (χ0n) is 20.0. The van der Waals surface area contributed by atoms with Crippen LogP contribution >= 0.6 is 0 Å². The van der Waals surface area contributed by atoms with E-state index in [1.807, 2.05) is 25.1 Å². The molecule has 0 spiro atoms. The number of H-pyrrole nitrogens is 1. The lowest BCUT2D eigenvalue weighted by molar-refractivity contribution is -0.119. The molecule has 3 heterocycles. The van der Waals surface area contributed by atoms with Crippen LogP contribution in [0.15, 0.2) is 54.9 Å². The minimum Gasteiger partial charge on any atom is -0.340 e. The van der Waals surface area contributed by atoms with Gasteiger partial charge < -0.3 is 10.2 Å². The van der Waals surface area contributed by atoms with Crippen LogP contribution in [0.3, 0.4) is 0 Å². The SMILES string of the molecule is C[C@@H]1C(=O)N(c2ccc(C#N)cc2)c2cnc(Nc3ccc4[nH]ncc4c3)nc2N1C1CCCCC1. The molecule has 2 aromatic heterocycles. The first-order valence-electron chi connectivity index (χ1n) is 12.3. The highest BCUT2D eigenvalue weighted by atomic mass is 16.2. The molecule has 1 aliphatic carbocycles. The molecule has 0 saturated heterocycles. The third kappa shape index (κ3) is 3.81. The maximum absolute atomic E-state index is 13.7. The molecule has 9 nitrogen and oxygen atoms in total. The summed E-state index contributed by atoms with van der Waals surface area (Å²) in [7, 11) is 0. The van der Waals surface area contributed by atoms with Crippen molar-refractivity contribution in [1.82, 2.24) is 20.2 Å². The summed E-state index contributed by atoms with van der Waals surface area (Å²) >= 11 is 0. The highest BCUT2D eigenvalue weighted by molar-refractivity contribution is 6.09. The minimum absolute atomic E-state index is 0.0208. The number of aromatic amines is 1. The third-order valence-corrected chi connectivity index (χ3v) is 7.15. The van der Waals surface area contributed by atoms with Crippen molar-refractivity contribution in [1.29, 1.82) is 5.26 Å². The van der Waals surface area contributed by atoms with Crippen molar-refractivity contribution in [2.24, 2.45) is 0 Å². The molecule has 36 heavy (non-hydrogen) atoms. The Bertz CT molecular complexity index is 1470. The normalized spacial score (nSPS) is 18.2. The van der Waals surface area contributed by atoms with Gasteiger partial charge in [-0.1, -0.05) is 19.3 Å². The van der Waals surface area contributed by atoms with E-state index in [4.69, 9.17) is 4.98 Å². The van der Waals surface area contributed by atoms with Gasteiger partial charge in [-0.15, -0.1) is 0 Å². The summed E-state index contributed by atoms with van der Waals surface area (Å²) in [4.78, 5) is 27.1. The Hall–Kier alpha value is -4.45. The van der Waals surface area contributed by atoms with Crippen molar-refractivity contribution < 1.29 is 4.79 Å². The van der Waals surface area contributed by atoms with Crippen LogP contribution in [0.5, 0.6) is 0 Å². The molecule has 2 N–H and O–H groups in total. The number of rotatable bonds is 4. The number of nitriles is 1. The first-order chi connectivity index (χ1) is 17.6. The lowest BCUT2D eigenvalue weighted by atomic mass is 9.92.